The highest BCUT2D eigenvalue weighted by molar-refractivity contribution is 5.80. The van der Waals surface area contributed by atoms with Gasteiger partial charge in [0.25, 0.3) is 0 Å². The number of cyclic esters (lactones) is 1. The van der Waals surface area contributed by atoms with Gasteiger partial charge in [0.05, 0.1) is 12.5 Å². The van der Waals surface area contributed by atoms with Crippen molar-refractivity contribution in [3.05, 3.63) is 35.9 Å². The molecule has 0 bridgehead atoms. The van der Waals surface area contributed by atoms with E-state index in [1.165, 1.54) is 12.8 Å². The molecule has 1 aliphatic heterocycles. The maximum atomic E-state index is 11.7. The van der Waals surface area contributed by atoms with Crippen LogP contribution in [0.15, 0.2) is 30.3 Å². The van der Waals surface area contributed by atoms with Crippen LogP contribution in [0, 0.1) is 5.92 Å². The van der Waals surface area contributed by atoms with Gasteiger partial charge >= 0.3 is 5.97 Å². The predicted octanol–water partition coefficient (Wildman–Crippen LogP) is 3.13. The van der Waals surface area contributed by atoms with Crippen molar-refractivity contribution in [2.75, 3.05) is 6.61 Å². The van der Waals surface area contributed by atoms with Gasteiger partial charge in [-0.25, -0.2) is 0 Å². The molecule has 0 saturated carbocycles. The normalized spacial score (nSPS) is 24.4. The summed E-state index contributed by atoms with van der Waals surface area (Å²) in [6, 6.07) is 9.99. The third-order valence-corrected chi connectivity index (χ3v) is 3.25. The summed E-state index contributed by atoms with van der Waals surface area (Å²) in [5.41, 5.74) is 1.10. The quantitative estimate of drug-likeness (QED) is 0.726. The second kappa shape index (κ2) is 5.15. The van der Waals surface area contributed by atoms with Crippen LogP contribution in [-0.2, 0) is 9.53 Å². The number of rotatable bonds is 4. The fourth-order valence-electron chi connectivity index (χ4n) is 2.35. The van der Waals surface area contributed by atoms with E-state index in [0.717, 1.165) is 12.0 Å². The first-order valence-corrected chi connectivity index (χ1v) is 6.04. The van der Waals surface area contributed by atoms with Crippen molar-refractivity contribution in [1.82, 2.24) is 0 Å². The van der Waals surface area contributed by atoms with Crippen LogP contribution in [0.3, 0.4) is 0 Å². The second-order valence-corrected chi connectivity index (χ2v) is 4.42. The molecule has 0 unspecified atom stereocenters. The van der Waals surface area contributed by atoms with Gasteiger partial charge in [-0.05, 0) is 12.0 Å². The summed E-state index contributed by atoms with van der Waals surface area (Å²) in [7, 11) is 0. The molecule has 2 rings (SSSR count). The van der Waals surface area contributed by atoms with E-state index < -0.39 is 0 Å². The predicted molar refractivity (Wildman–Crippen MR) is 63.2 cm³/mol. The Labute approximate surface area is 96.6 Å². The highest BCUT2D eigenvalue weighted by Crippen LogP contribution is 2.35. The first-order valence-electron chi connectivity index (χ1n) is 6.04. The van der Waals surface area contributed by atoms with Gasteiger partial charge < -0.3 is 4.74 Å². The maximum Gasteiger partial charge on any atom is 0.313 e. The molecule has 1 aliphatic rings. The van der Waals surface area contributed by atoms with Gasteiger partial charge in [0.15, 0.2) is 0 Å². The minimum Gasteiger partial charge on any atom is -0.465 e. The van der Waals surface area contributed by atoms with Gasteiger partial charge in [-0.3, -0.25) is 4.79 Å². The van der Waals surface area contributed by atoms with E-state index in [1.807, 2.05) is 30.3 Å². The lowest BCUT2D eigenvalue weighted by molar-refractivity contribution is -0.139. The standard InChI is InChI=1S/C14H18O2/c1-2-3-7-12-10-16-14(15)13(12)11-8-5-4-6-9-11/h4-6,8-9,12-13H,2-3,7,10H2,1H3/t12-,13+/m1/s1. The average Bonchev–Trinajstić information content (AvgIpc) is 2.69. The number of benzene rings is 1. The first kappa shape index (κ1) is 11.2. The van der Waals surface area contributed by atoms with Crippen LogP contribution in [0.2, 0.25) is 0 Å². The van der Waals surface area contributed by atoms with Crippen LogP contribution < -0.4 is 0 Å². The topological polar surface area (TPSA) is 26.3 Å². The van der Waals surface area contributed by atoms with E-state index >= 15 is 0 Å². The van der Waals surface area contributed by atoms with Gasteiger partial charge in [0.2, 0.25) is 0 Å². The number of esters is 1. The molecule has 16 heavy (non-hydrogen) atoms. The molecule has 1 fully saturated rings. The Morgan fingerprint density at radius 1 is 1.31 bits per heavy atom. The Morgan fingerprint density at radius 3 is 2.75 bits per heavy atom. The fraction of sp³-hybridized carbons (Fsp3) is 0.500. The molecule has 1 saturated heterocycles. The highest BCUT2D eigenvalue weighted by Gasteiger charge is 2.37. The summed E-state index contributed by atoms with van der Waals surface area (Å²) in [5.74, 6) is 0.287. The third kappa shape index (κ3) is 2.26. The monoisotopic (exact) mass is 218 g/mol. The van der Waals surface area contributed by atoms with Crippen molar-refractivity contribution in [2.45, 2.75) is 32.1 Å². The van der Waals surface area contributed by atoms with E-state index in [9.17, 15) is 4.79 Å². The van der Waals surface area contributed by atoms with E-state index in [4.69, 9.17) is 4.74 Å². The molecule has 0 N–H and O–H groups in total. The third-order valence-electron chi connectivity index (χ3n) is 3.25. The lowest BCUT2D eigenvalue weighted by atomic mass is 9.85. The molecule has 2 atom stereocenters. The van der Waals surface area contributed by atoms with E-state index in [-0.39, 0.29) is 11.9 Å². The van der Waals surface area contributed by atoms with Gasteiger partial charge in [-0.2, -0.15) is 0 Å². The van der Waals surface area contributed by atoms with E-state index in [0.29, 0.717) is 12.5 Å². The molecular formula is C14H18O2. The lowest BCUT2D eigenvalue weighted by Crippen LogP contribution is -2.13. The summed E-state index contributed by atoms with van der Waals surface area (Å²) in [6.45, 7) is 2.77. The van der Waals surface area contributed by atoms with Gasteiger partial charge in [0.1, 0.15) is 0 Å². The molecule has 1 aromatic rings. The van der Waals surface area contributed by atoms with Crippen molar-refractivity contribution in [3.63, 3.8) is 0 Å². The largest absolute Gasteiger partial charge is 0.465 e. The van der Waals surface area contributed by atoms with Crippen LogP contribution in [0.5, 0.6) is 0 Å². The van der Waals surface area contributed by atoms with Crippen molar-refractivity contribution < 1.29 is 9.53 Å². The van der Waals surface area contributed by atoms with Crippen molar-refractivity contribution in [1.29, 1.82) is 0 Å². The van der Waals surface area contributed by atoms with Gasteiger partial charge in [0, 0.05) is 5.92 Å². The molecule has 0 spiro atoms. The molecule has 2 heteroatoms. The van der Waals surface area contributed by atoms with Crippen LogP contribution in [0.25, 0.3) is 0 Å². The molecule has 1 heterocycles. The Bertz CT molecular complexity index is 345. The lowest BCUT2D eigenvalue weighted by Gasteiger charge is -2.14. The second-order valence-electron chi connectivity index (χ2n) is 4.42. The number of unbranched alkanes of at least 4 members (excludes halogenated alkanes) is 1. The Balaban J connectivity index is 2.13. The van der Waals surface area contributed by atoms with Gasteiger partial charge in [-0.15, -0.1) is 0 Å². The zero-order valence-electron chi connectivity index (χ0n) is 9.69. The first-order chi connectivity index (χ1) is 7.83. The summed E-state index contributed by atoms with van der Waals surface area (Å²) in [6.07, 6.45) is 3.43. The maximum absolute atomic E-state index is 11.7. The number of carbonyl (C=O) groups excluding carboxylic acids is 1. The van der Waals surface area contributed by atoms with Crippen LogP contribution in [0.1, 0.15) is 37.7 Å². The molecule has 2 nitrogen and oxygen atoms in total. The molecule has 0 amide bonds. The molecule has 86 valence electrons. The highest BCUT2D eigenvalue weighted by atomic mass is 16.5. The Hall–Kier alpha value is -1.31. The molecular weight excluding hydrogens is 200 g/mol. The summed E-state index contributed by atoms with van der Waals surface area (Å²) in [4.78, 5) is 11.7. The molecule has 0 radical (unpaired) electrons. The Morgan fingerprint density at radius 2 is 2.06 bits per heavy atom. The number of hydrogen-bond acceptors (Lipinski definition) is 2. The zero-order valence-corrected chi connectivity index (χ0v) is 9.69. The van der Waals surface area contributed by atoms with Crippen molar-refractivity contribution in [3.8, 4) is 0 Å². The summed E-state index contributed by atoms with van der Waals surface area (Å²) in [5, 5.41) is 0. The van der Waals surface area contributed by atoms with Crippen LogP contribution >= 0.6 is 0 Å². The number of ether oxygens (including phenoxy) is 1. The van der Waals surface area contributed by atoms with Crippen LogP contribution in [-0.4, -0.2) is 12.6 Å². The molecule has 0 aromatic heterocycles. The van der Waals surface area contributed by atoms with E-state index in [2.05, 4.69) is 6.92 Å². The molecule has 0 aliphatic carbocycles. The smallest absolute Gasteiger partial charge is 0.313 e. The fourth-order valence-corrected chi connectivity index (χ4v) is 2.35. The van der Waals surface area contributed by atoms with E-state index in [1.54, 1.807) is 0 Å². The zero-order chi connectivity index (χ0) is 11.4. The van der Waals surface area contributed by atoms with Crippen molar-refractivity contribution >= 4 is 5.97 Å². The van der Waals surface area contributed by atoms with Crippen LogP contribution in [0.4, 0.5) is 0 Å². The number of carbonyl (C=O) groups is 1. The number of hydrogen-bond donors (Lipinski definition) is 0. The molecule has 1 aromatic carbocycles. The minimum absolute atomic E-state index is 0.0345. The average molecular weight is 218 g/mol. The summed E-state index contributed by atoms with van der Waals surface area (Å²) >= 11 is 0. The Kier molecular flexibility index (Phi) is 3.60. The minimum atomic E-state index is -0.0488. The SMILES string of the molecule is CCCC[C@@H]1COC(=O)[C@H]1c1ccccc1. The van der Waals surface area contributed by atoms with Gasteiger partial charge in [-0.1, -0.05) is 50.1 Å². The van der Waals surface area contributed by atoms with Crippen molar-refractivity contribution in [2.24, 2.45) is 5.92 Å². The summed E-state index contributed by atoms with van der Waals surface area (Å²) < 4.78 is 5.19.